The van der Waals surface area contributed by atoms with Crippen molar-refractivity contribution < 1.29 is 17.9 Å². The van der Waals surface area contributed by atoms with Gasteiger partial charge in [-0.25, -0.2) is 0 Å². The van der Waals surface area contributed by atoms with Crippen LogP contribution in [0.4, 0.5) is 13.2 Å². The molecule has 2 nitrogen and oxygen atoms in total. The zero-order valence-electron chi connectivity index (χ0n) is 9.26. The first-order chi connectivity index (χ1) is 8.00. The zero-order valence-corrected chi connectivity index (χ0v) is 9.26. The molecule has 1 fully saturated rings. The summed E-state index contributed by atoms with van der Waals surface area (Å²) < 4.78 is 43.6. The molecule has 0 unspecified atom stereocenters. The minimum Gasteiger partial charge on any atom is -0.493 e. The molecule has 1 aromatic carbocycles. The maximum absolute atomic E-state index is 12.8. The van der Waals surface area contributed by atoms with Crippen LogP contribution in [0.25, 0.3) is 0 Å². The van der Waals surface area contributed by atoms with Gasteiger partial charge >= 0.3 is 6.18 Å². The molecule has 1 aliphatic rings. The molecule has 0 spiro atoms. The molecule has 0 aromatic heterocycles. The van der Waals surface area contributed by atoms with Crippen molar-refractivity contribution in [1.29, 1.82) is 0 Å². The maximum atomic E-state index is 12.8. The predicted octanol–water partition coefficient (Wildman–Crippen LogP) is 2.95. The van der Waals surface area contributed by atoms with Crippen molar-refractivity contribution in [3.05, 3.63) is 29.3 Å². The number of hydrogen-bond acceptors (Lipinski definition) is 2. The van der Waals surface area contributed by atoms with E-state index in [1.807, 2.05) is 0 Å². The van der Waals surface area contributed by atoms with Gasteiger partial charge in [0, 0.05) is 6.54 Å². The number of ether oxygens (including phenoxy) is 1. The molecule has 1 aliphatic carbocycles. The fourth-order valence-corrected chi connectivity index (χ4v) is 1.54. The van der Waals surface area contributed by atoms with Gasteiger partial charge in [0.15, 0.2) is 0 Å². The van der Waals surface area contributed by atoms with E-state index in [4.69, 9.17) is 10.5 Å². The summed E-state index contributed by atoms with van der Waals surface area (Å²) in [6.45, 7) is 0.455. The normalized spacial score (nSPS) is 16.0. The van der Waals surface area contributed by atoms with E-state index in [1.165, 1.54) is 6.07 Å². The van der Waals surface area contributed by atoms with Crippen molar-refractivity contribution in [3.8, 4) is 5.75 Å². The number of alkyl halides is 3. The van der Waals surface area contributed by atoms with Crippen LogP contribution in [-0.4, -0.2) is 6.61 Å². The van der Waals surface area contributed by atoms with Crippen molar-refractivity contribution >= 4 is 0 Å². The molecule has 0 bridgehead atoms. The lowest BCUT2D eigenvalue weighted by Crippen LogP contribution is -2.11. The zero-order chi connectivity index (χ0) is 12.5. The molecule has 0 heterocycles. The molecule has 94 valence electrons. The molecule has 0 atom stereocenters. The first kappa shape index (κ1) is 12.2. The molecule has 0 aliphatic heterocycles. The number of rotatable bonds is 4. The highest BCUT2D eigenvalue weighted by molar-refractivity contribution is 5.39. The second kappa shape index (κ2) is 4.56. The molecule has 17 heavy (non-hydrogen) atoms. The summed E-state index contributed by atoms with van der Waals surface area (Å²) in [5.74, 6) is 0.326. The van der Waals surface area contributed by atoms with Crippen molar-refractivity contribution in [2.24, 2.45) is 11.7 Å². The SMILES string of the molecule is NCc1ccc(OCC2CC2)c(C(F)(F)F)c1. The van der Waals surface area contributed by atoms with Gasteiger partial charge < -0.3 is 10.5 Å². The fourth-order valence-electron chi connectivity index (χ4n) is 1.54. The van der Waals surface area contributed by atoms with Crippen molar-refractivity contribution in [2.45, 2.75) is 25.6 Å². The van der Waals surface area contributed by atoms with Gasteiger partial charge in [-0.2, -0.15) is 13.2 Å². The summed E-state index contributed by atoms with van der Waals surface area (Å²) in [5.41, 5.74) is 5.06. The molecular weight excluding hydrogens is 231 g/mol. The van der Waals surface area contributed by atoms with Crippen LogP contribution in [0.2, 0.25) is 0 Å². The van der Waals surface area contributed by atoms with Crippen LogP contribution in [-0.2, 0) is 12.7 Å². The quantitative estimate of drug-likeness (QED) is 0.885. The maximum Gasteiger partial charge on any atom is 0.419 e. The standard InChI is InChI=1S/C12H14F3NO/c13-12(14,15)10-5-9(6-16)3-4-11(10)17-7-8-1-2-8/h3-5,8H,1-2,6-7,16H2. The number of hydrogen-bond donors (Lipinski definition) is 1. The van der Waals surface area contributed by atoms with E-state index in [0.717, 1.165) is 18.9 Å². The van der Waals surface area contributed by atoms with Gasteiger partial charge in [-0.3, -0.25) is 0 Å². The summed E-state index contributed by atoms with van der Waals surface area (Å²) in [5, 5.41) is 0. The Labute approximate surface area is 97.6 Å². The highest BCUT2D eigenvalue weighted by Crippen LogP contribution is 2.38. The van der Waals surface area contributed by atoms with Crippen LogP contribution in [0.3, 0.4) is 0 Å². The van der Waals surface area contributed by atoms with E-state index in [9.17, 15) is 13.2 Å². The van der Waals surface area contributed by atoms with E-state index < -0.39 is 11.7 Å². The largest absolute Gasteiger partial charge is 0.493 e. The summed E-state index contributed by atoms with van der Waals surface area (Å²) >= 11 is 0. The highest BCUT2D eigenvalue weighted by atomic mass is 19.4. The van der Waals surface area contributed by atoms with Gasteiger partial charge in [-0.1, -0.05) is 6.07 Å². The van der Waals surface area contributed by atoms with E-state index in [-0.39, 0.29) is 12.3 Å². The lowest BCUT2D eigenvalue weighted by atomic mass is 10.1. The van der Waals surface area contributed by atoms with Gasteiger partial charge in [0.25, 0.3) is 0 Å². The number of halogens is 3. The topological polar surface area (TPSA) is 35.2 Å². The van der Waals surface area contributed by atoms with Crippen LogP contribution < -0.4 is 10.5 Å². The van der Waals surface area contributed by atoms with Crippen LogP contribution >= 0.6 is 0 Å². The Bertz CT molecular complexity index is 399. The first-order valence-corrected chi connectivity index (χ1v) is 5.53. The third-order valence-electron chi connectivity index (χ3n) is 2.76. The molecule has 1 aromatic rings. The predicted molar refractivity (Wildman–Crippen MR) is 57.6 cm³/mol. The van der Waals surface area contributed by atoms with Gasteiger partial charge in [-0.05, 0) is 36.5 Å². The third kappa shape index (κ3) is 3.12. The van der Waals surface area contributed by atoms with Crippen LogP contribution in [0.5, 0.6) is 5.75 Å². The molecule has 0 saturated heterocycles. The third-order valence-corrected chi connectivity index (χ3v) is 2.76. The highest BCUT2D eigenvalue weighted by Gasteiger charge is 2.35. The fraction of sp³-hybridized carbons (Fsp3) is 0.500. The Morgan fingerprint density at radius 2 is 2.00 bits per heavy atom. The van der Waals surface area contributed by atoms with Crippen molar-refractivity contribution in [1.82, 2.24) is 0 Å². The second-order valence-electron chi connectivity index (χ2n) is 4.29. The van der Waals surface area contributed by atoms with E-state index in [1.54, 1.807) is 6.07 Å². The molecule has 0 amide bonds. The van der Waals surface area contributed by atoms with Gasteiger partial charge in [-0.15, -0.1) is 0 Å². The molecule has 1 saturated carbocycles. The van der Waals surface area contributed by atoms with E-state index >= 15 is 0 Å². The molecule has 5 heteroatoms. The Balaban J connectivity index is 2.22. The van der Waals surface area contributed by atoms with E-state index in [2.05, 4.69) is 0 Å². The lowest BCUT2D eigenvalue weighted by molar-refractivity contribution is -0.139. The second-order valence-corrected chi connectivity index (χ2v) is 4.29. The Morgan fingerprint density at radius 1 is 1.29 bits per heavy atom. The van der Waals surface area contributed by atoms with Crippen molar-refractivity contribution in [2.75, 3.05) is 6.61 Å². The monoisotopic (exact) mass is 245 g/mol. The molecule has 2 N–H and O–H groups in total. The van der Waals surface area contributed by atoms with Gasteiger partial charge in [0.2, 0.25) is 0 Å². The summed E-state index contributed by atoms with van der Waals surface area (Å²) in [7, 11) is 0. The summed E-state index contributed by atoms with van der Waals surface area (Å²) in [6, 6.07) is 3.98. The average Bonchev–Trinajstić information content (AvgIpc) is 3.08. The molecule has 0 radical (unpaired) electrons. The smallest absolute Gasteiger partial charge is 0.419 e. The summed E-state index contributed by atoms with van der Waals surface area (Å²) in [6.07, 6.45) is -2.31. The molecule has 2 rings (SSSR count). The minimum absolute atomic E-state index is 0.0893. The molecular formula is C12H14F3NO. The number of benzene rings is 1. The Hall–Kier alpha value is -1.23. The van der Waals surface area contributed by atoms with E-state index in [0.29, 0.717) is 18.1 Å². The van der Waals surface area contributed by atoms with Crippen LogP contribution in [0.15, 0.2) is 18.2 Å². The average molecular weight is 245 g/mol. The van der Waals surface area contributed by atoms with Gasteiger partial charge in [0.05, 0.1) is 12.2 Å². The summed E-state index contributed by atoms with van der Waals surface area (Å²) in [4.78, 5) is 0. The minimum atomic E-state index is -4.40. The van der Waals surface area contributed by atoms with Crippen LogP contribution in [0.1, 0.15) is 24.0 Å². The number of nitrogens with two attached hydrogens (primary N) is 1. The van der Waals surface area contributed by atoms with Crippen LogP contribution in [0, 0.1) is 5.92 Å². The Kier molecular flexibility index (Phi) is 3.28. The Morgan fingerprint density at radius 3 is 2.53 bits per heavy atom. The van der Waals surface area contributed by atoms with Gasteiger partial charge in [0.1, 0.15) is 5.75 Å². The lowest BCUT2D eigenvalue weighted by Gasteiger charge is -2.14. The first-order valence-electron chi connectivity index (χ1n) is 5.53. The van der Waals surface area contributed by atoms with Crippen molar-refractivity contribution in [3.63, 3.8) is 0 Å².